The number of hydrogen-bond acceptors (Lipinski definition) is 4. The number of fused-ring (bicyclic) bond motifs is 1. The van der Waals surface area contributed by atoms with Crippen molar-refractivity contribution in [2.24, 2.45) is 5.73 Å². The van der Waals surface area contributed by atoms with Crippen molar-refractivity contribution in [3.8, 4) is 0 Å². The van der Waals surface area contributed by atoms with Gasteiger partial charge in [-0.05, 0) is 37.1 Å². The summed E-state index contributed by atoms with van der Waals surface area (Å²) in [5.74, 6) is 1.01. The molecule has 1 saturated heterocycles. The summed E-state index contributed by atoms with van der Waals surface area (Å²) in [6, 6.07) is 4.36. The molecule has 2 aromatic rings. The summed E-state index contributed by atoms with van der Waals surface area (Å²) in [6.07, 6.45) is 4.35. The highest BCUT2D eigenvalue weighted by Gasteiger charge is 2.21. The van der Waals surface area contributed by atoms with Crippen LogP contribution in [0.2, 0.25) is 0 Å². The zero-order valence-electron chi connectivity index (χ0n) is 9.06. The average molecular weight is 217 g/mol. The topological polar surface area (TPSA) is 68.2 Å². The standard InChI is InChI=1S/C11H15N5/c12-7-8-3-5-16-10(6-8)14-15-11(16)9-2-1-4-13-9/h3,5-6,9,13H,1-2,4,7,12H2. The highest BCUT2D eigenvalue weighted by atomic mass is 15.3. The fraction of sp³-hybridized carbons (Fsp3) is 0.455. The summed E-state index contributed by atoms with van der Waals surface area (Å²) in [7, 11) is 0. The number of nitrogens with two attached hydrogens (primary N) is 1. The lowest BCUT2D eigenvalue weighted by Crippen LogP contribution is -2.15. The number of rotatable bonds is 2. The van der Waals surface area contributed by atoms with Crippen molar-refractivity contribution >= 4 is 5.65 Å². The first kappa shape index (κ1) is 9.74. The molecule has 1 unspecified atom stereocenters. The molecule has 1 aliphatic heterocycles. The van der Waals surface area contributed by atoms with E-state index in [-0.39, 0.29) is 0 Å². The summed E-state index contributed by atoms with van der Waals surface area (Å²) in [4.78, 5) is 0. The van der Waals surface area contributed by atoms with Crippen LogP contribution < -0.4 is 11.1 Å². The lowest BCUT2D eigenvalue weighted by Gasteiger charge is -2.07. The second-order valence-corrected chi connectivity index (χ2v) is 4.17. The van der Waals surface area contributed by atoms with E-state index in [9.17, 15) is 0 Å². The van der Waals surface area contributed by atoms with E-state index in [0.717, 1.165) is 30.0 Å². The Morgan fingerprint density at radius 2 is 2.44 bits per heavy atom. The predicted octanol–water partition coefficient (Wildman–Crippen LogP) is 0.612. The Morgan fingerprint density at radius 3 is 3.19 bits per heavy atom. The van der Waals surface area contributed by atoms with E-state index in [2.05, 4.69) is 15.5 Å². The first-order chi connectivity index (χ1) is 7.88. The Labute approximate surface area is 93.7 Å². The zero-order valence-corrected chi connectivity index (χ0v) is 9.06. The van der Waals surface area contributed by atoms with E-state index in [1.807, 2.05) is 22.7 Å². The minimum Gasteiger partial charge on any atom is -0.326 e. The third kappa shape index (κ3) is 1.48. The van der Waals surface area contributed by atoms with Crippen molar-refractivity contribution in [2.45, 2.75) is 25.4 Å². The Balaban J connectivity index is 2.06. The van der Waals surface area contributed by atoms with E-state index in [4.69, 9.17) is 5.73 Å². The second-order valence-electron chi connectivity index (χ2n) is 4.17. The van der Waals surface area contributed by atoms with E-state index in [1.165, 1.54) is 6.42 Å². The molecule has 0 bridgehead atoms. The molecule has 0 spiro atoms. The number of nitrogens with one attached hydrogen (secondary N) is 1. The van der Waals surface area contributed by atoms with Gasteiger partial charge in [0.25, 0.3) is 0 Å². The van der Waals surface area contributed by atoms with Gasteiger partial charge in [0.05, 0.1) is 6.04 Å². The van der Waals surface area contributed by atoms with Gasteiger partial charge in [0.2, 0.25) is 0 Å². The van der Waals surface area contributed by atoms with Crippen LogP contribution in [0.4, 0.5) is 0 Å². The van der Waals surface area contributed by atoms with Gasteiger partial charge in [-0.15, -0.1) is 10.2 Å². The Hall–Kier alpha value is -1.46. The highest BCUT2D eigenvalue weighted by Crippen LogP contribution is 2.21. The van der Waals surface area contributed by atoms with Crippen LogP contribution in [0.5, 0.6) is 0 Å². The van der Waals surface area contributed by atoms with Crippen molar-refractivity contribution in [1.29, 1.82) is 0 Å². The maximum atomic E-state index is 5.60. The molecule has 1 aliphatic rings. The van der Waals surface area contributed by atoms with E-state index < -0.39 is 0 Å². The summed E-state index contributed by atoms with van der Waals surface area (Å²) >= 11 is 0. The zero-order chi connectivity index (χ0) is 11.0. The molecular weight excluding hydrogens is 202 g/mol. The first-order valence-corrected chi connectivity index (χ1v) is 5.65. The van der Waals surface area contributed by atoms with Crippen LogP contribution in [0.1, 0.15) is 30.3 Å². The Morgan fingerprint density at radius 1 is 1.50 bits per heavy atom. The molecule has 5 heteroatoms. The summed E-state index contributed by atoms with van der Waals surface area (Å²) < 4.78 is 2.04. The van der Waals surface area contributed by atoms with Gasteiger partial charge in [0.15, 0.2) is 11.5 Å². The molecule has 5 nitrogen and oxygen atoms in total. The maximum Gasteiger partial charge on any atom is 0.161 e. The van der Waals surface area contributed by atoms with Crippen LogP contribution >= 0.6 is 0 Å². The molecular formula is C11H15N5. The van der Waals surface area contributed by atoms with Crippen molar-refractivity contribution < 1.29 is 0 Å². The summed E-state index contributed by atoms with van der Waals surface area (Å²) in [6.45, 7) is 1.61. The number of aromatic nitrogens is 3. The summed E-state index contributed by atoms with van der Waals surface area (Å²) in [5, 5.41) is 11.9. The SMILES string of the molecule is NCc1ccn2c(C3CCCN3)nnc2c1. The third-order valence-corrected chi connectivity index (χ3v) is 3.11. The van der Waals surface area contributed by atoms with Crippen LogP contribution in [-0.4, -0.2) is 21.1 Å². The van der Waals surface area contributed by atoms with Crippen molar-refractivity contribution in [3.63, 3.8) is 0 Å². The summed E-state index contributed by atoms with van der Waals surface area (Å²) in [5.41, 5.74) is 7.57. The van der Waals surface area contributed by atoms with Crippen LogP contribution in [0.25, 0.3) is 5.65 Å². The average Bonchev–Trinajstić information content (AvgIpc) is 2.96. The monoisotopic (exact) mass is 217 g/mol. The molecule has 3 heterocycles. The number of hydrogen-bond donors (Lipinski definition) is 2. The molecule has 1 fully saturated rings. The van der Waals surface area contributed by atoms with Gasteiger partial charge in [-0.1, -0.05) is 0 Å². The van der Waals surface area contributed by atoms with Gasteiger partial charge in [-0.3, -0.25) is 4.40 Å². The van der Waals surface area contributed by atoms with E-state index >= 15 is 0 Å². The second kappa shape index (κ2) is 3.84. The van der Waals surface area contributed by atoms with Crippen LogP contribution in [-0.2, 0) is 6.54 Å². The molecule has 3 N–H and O–H groups in total. The first-order valence-electron chi connectivity index (χ1n) is 5.65. The van der Waals surface area contributed by atoms with Gasteiger partial charge in [0.1, 0.15) is 0 Å². The van der Waals surface area contributed by atoms with Crippen molar-refractivity contribution in [1.82, 2.24) is 19.9 Å². The van der Waals surface area contributed by atoms with Gasteiger partial charge in [-0.2, -0.15) is 0 Å². The normalized spacial score (nSPS) is 20.7. The fourth-order valence-electron chi connectivity index (χ4n) is 2.22. The molecule has 1 atom stereocenters. The van der Waals surface area contributed by atoms with Gasteiger partial charge >= 0.3 is 0 Å². The van der Waals surface area contributed by atoms with Crippen molar-refractivity contribution in [3.05, 3.63) is 29.7 Å². The molecule has 2 aromatic heterocycles. The lowest BCUT2D eigenvalue weighted by atomic mass is 10.2. The van der Waals surface area contributed by atoms with Crippen LogP contribution in [0, 0.1) is 0 Å². The minimum atomic E-state index is 0.346. The van der Waals surface area contributed by atoms with Crippen molar-refractivity contribution in [2.75, 3.05) is 6.54 Å². The number of pyridine rings is 1. The quantitative estimate of drug-likeness (QED) is 0.773. The smallest absolute Gasteiger partial charge is 0.161 e. The van der Waals surface area contributed by atoms with Gasteiger partial charge in [0, 0.05) is 12.7 Å². The molecule has 16 heavy (non-hydrogen) atoms. The fourth-order valence-corrected chi connectivity index (χ4v) is 2.22. The Kier molecular flexibility index (Phi) is 2.34. The van der Waals surface area contributed by atoms with Crippen LogP contribution in [0.3, 0.4) is 0 Å². The van der Waals surface area contributed by atoms with Gasteiger partial charge < -0.3 is 11.1 Å². The minimum absolute atomic E-state index is 0.346. The van der Waals surface area contributed by atoms with Crippen LogP contribution in [0.15, 0.2) is 18.3 Å². The molecule has 0 aliphatic carbocycles. The molecule has 0 radical (unpaired) electrons. The molecule has 0 aromatic carbocycles. The largest absolute Gasteiger partial charge is 0.326 e. The number of nitrogens with zero attached hydrogens (tertiary/aromatic N) is 3. The third-order valence-electron chi connectivity index (χ3n) is 3.11. The lowest BCUT2D eigenvalue weighted by molar-refractivity contribution is 0.598. The molecule has 0 amide bonds. The van der Waals surface area contributed by atoms with E-state index in [0.29, 0.717) is 12.6 Å². The van der Waals surface area contributed by atoms with Gasteiger partial charge in [-0.25, -0.2) is 0 Å². The Bertz CT molecular complexity index is 498. The molecule has 84 valence electrons. The van der Waals surface area contributed by atoms with E-state index in [1.54, 1.807) is 0 Å². The molecule has 0 saturated carbocycles. The molecule has 3 rings (SSSR count). The highest BCUT2D eigenvalue weighted by molar-refractivity contribution is 5.41. The maximum absolute atomic E-state index is 5.60. The predicted molar refractivity (Wildman–Crippen MR) is 60.9 cm³/mol.